The second kappa shape index (κ2) is 11.9. The lowest BCUT2D eigenvalue weighted by Crippen LogP contribution is -2.28. The van der Waals surface area contributed by atoms with Gasteiger partial charge in [-0.25, -0.2) is 13.2 Å². The molecule has 0 fully saturated rings. The van der Waals surface area contributed by atoms with Gasteiger partial charge in [-0.15, -0.1) is 17.9 Å². The highest BCUT2D eigenvalue weighted by atomic mass is 35.5. The molecule has 0 radical (unpaired) electrons. The highest BCUT2D eigenvalue weighted by Gasteiger charge is 2.28. The lowest BCUT2D eigenvalue weighted by atomic mass is 10.1. The number of amides is 2. The molecule has 0 aliphatic heterocycles. The number of esters is 1. The molecule has 1 N–H and O–H groups in total. The molecular formula is C25H26ClN3O6S3. The average molecular weight is 596 g/mol. The van der Waals surface area contributed by atoms with E-state index in [4.69, 9.17) is 16.3 Å². The van der Waals surface area contributed by atoms with E-state index in [1.54, 1.807) is 28.8 Å². The molecule has 2 aromatic heterocycles. The largest absolute Gasteiger partial charge is 0.465 e. The van der Waals surface area contributed by atoms with Crippen molar-refractivity contribution in [2.45, 2.75) is 38.6 Å². The zero-order valence-corrected chi connectivity index (χ0v) is 23.8. The number of nitrogens with zero attached hydrogens (tertiary/aromatic N) is 2. The third kappa shape index (κ3) is 6.42. The summed E-state index contributed by atoms with van der Waals surface area (Å²) in [4.78, 5) is 43.1. The molecule has 2 heterocycles. The molecule has 3 aromatic rings. The molecule has 202 valence electrons. The van der Waals surface area contributed by atoms with Crippen LogP contribution < -0.4 is 10.1 Å². The number of rotatable bonds is 8. The molecule has 0 atom stereocenters. The van der Waals surface area contributed by atoms with Crippen molar-refractivity contribution in [3.8, 4) is 0 Å². The second-order valence-corrected chi connectivity index (χ2v) is 13.4. The van der Waals surface area contributed by atoms with Crippen LogP contribution in [-0.4, -0.2) is 49.4 Å². The Morgan fingerprint density at radius 1 is 1.18 bits per heavy atom. The molecular weight excluding hydrogens is 570 g/mol. The van der Waals surface area contributed by atoms with E-state index in [0.717, 1.165) is 46.3 Å². The molecule has 0 spiro atoms. The maximum atomic E-state index is 12.7. The van der Waals surface area contributed by atoms with Crippen LogP contribution >= 0.6 is 34.3 Å². The number of thiazole rings is 1. The van der Waals surface area contributed by atoms with E-state index in [1.807, 2.05) is 0 Å². The van der Waals surface area contributed by atoms with Crippen molar-refractivity contribution in [1.29, 1.82) is 0 Å². The number of hydrogen-bond acceptors (Lipinski definition) is 8. The molecule has 1 aliphatic carbocycles. The van der Waals surface area contributed by atoms with Crippen LogP contribution in [0, 0.1) is 0 Å². The Balaban J connectivity index is 1.51. The summed E-state index contributed by atoms with van der Waals surface area (Å²) in [5, 5.41) is 3.36. The molecule has 1 aromatic carbocycles. The fourth-order valence-electron chi connectivity index (χ4n) is 4.33. The quantitative estimate of drug-likeness (QED) is 0.237. The second-order valence-electron chi connectivity index (χ2n) is 8.74. The number of anilines is 1. The van der Waals surface area contributed by atoms with Crippen molar-refractivity contribution in [2.24, 2.45) is 4.99 Å². The van der Waals surface area contributed by atoms with Gasteiger partial charge < -0.3 is 14.6 Å². The number of allylic oxidation sites excluding steroid dienone is 1. The SMILES string of the molecule is C=CCn1c(=NC(=O)CS(=O)(=O)CC(=O)Nc2sc3c(c2C(=O)OC)CCCCC3)sc2cc(Cl)ccc21. The number of aryl methyl sites for hydroxylation is 1. The number of benzene rings is 1. The van der Waals surface area contributed by atoms with Gasteiger partial charge in [-0.2, -0.15) is 4.99 Å². The fourth-order valence-corrected chi connectivity index (χ4v) is 7.97. The highest BCUT2D eigenvalue weighted by molar-refractivity contribution is 7.92. The average Bonchev–Trinajstić information content (AvgIpc) is 3.24. The van der Waals surface area contributed by atoms with E-state index in [0.29, 0.717) is 22.8 Å². The van der Waals surface area contributed by atoms with Crippen LogP contribution in [0.5, 0.6) is 0 Å². The van der Waals surface area contributed by atoms with Gasteiger partial charge in [0.2, 0.25) is 5.91 Å². The van der Waals surface area contributed by atoms with Gasteiger partial charge in [0.05, 0.1) is 22.9 Å². The zero-order valence-electron chi connectivity index (χ0n) is 20.6. The van der Waals surface area contributed by atoms with E-state index in [9.17, 15) is 22.8 Å². The maximum Gasteiger partial charge on any atom is 0.341 e. The molecule has 0 saturated carbocycles. The fraction of sp³-hybridized carbons (Fsp3) is 0.360. The number of hydrogen-bond donors (Lipinski definition) is 1. The first-order valence-electron chi connectivity index (χ1n) is 11.8. The Hall–Kier alpha value is -2.80. The molecule has 2 amide bonds. The first-order chi connectivity index (χ1) is 18.1. The topological polar surface area (TPSA) is 124 Å². The Morgan fingerprint density at radius 3 is 2.68 bits per heavy atom. The summed E-state index contributed by atoms with van der Waals surface area (Å²) in [6.45, 7) is 4.07. The number of fused-ring (bicyclic) bond motifs is 2. The van der Waals surface area contributed by atoms with Gasteiger partial charge in [0.15, 0.2) is 14.6 Å². The third-order valence-electron chi connectivity index (χ3n) is 5.93. The van der Waals surface area contributed by atoms with Crippen LogP contribution in [-0.2, 0) is 43.5 Å². The smallest absolute Gasteiger partial charge is 0.341 e. The Kier molecular flexibility index (Phi) is 8.86. The summed E-state index contributed by atoms with van der Waals surface area (Å²) in [6.07, 6.45) is 6.05. The summed E-state index contributed by atoms with van der Waals surface area (Å²) >= 11 is 8.53. The lowest BCUT2D eigenvalue weighted by Gasteiger charge is -2.07. The van der Waals surface area contributed by atoms with Gasteiger partial charge in [-0.3, -0.25) is 9.59 Å². The molecule has 1 aliphatic rings. The van der Waals surface area contributed by atoms with Crippen LogP contribution in [0.2, 0.25) is 5.02 Å². The molecule has 38 heavy (non-hydrogen) atoms. The summed E-state index contributed by atoms with van der Waals surface area (Å²) < 4.78 is 32.8. The predicted molar refractivity (Wildman–Crippen MR) is 150 cm³/mol. The number of aromatic nitrogens is 1. The molecule has 4 rings (SSSR count). The number of nitrogens with one attached hydrogen (secondary N) is 1. The van der Waals surface area contributed by atoms with Crippen molar-refractivity contribution in [1.82, 2.24) is 4.57 Å². The van der Waals surface area contributed by atoms with Crippen LogP contribution in [0.1, 0.15) is 40.1 Å². The van der Waals surface area contributed by atoms with E-state index >= 15 is 0 Å². The van der Waals surface area contributed by atoms with Crippen molar-refractivity contribution >= 4 is 77.1 Å². The maximum absolute atomic E-state index is 12.7. The molecule has 9 nitrogen and oxygen atoms in total. The van der Waals surface area contributed by atoms with Crippen LogP contribution in [0.25, 0.3) is 10.2 Å². The van der Waals surface area contributed by atoms with Crippen LogP contribution in [0.15, 0.2) is 35.8 Å². The Morgan fingerprint density at radius 2 is 1.95 bits per heavy atom. The monoisotopic (exact) mass is 595 g/mol. The number of carbonyl (C=O) groups is 3. The van der Waals surface area contributed by atoms with Crippen molar-refractivity contribution < 1.29 is 27.5 Å². The zero-order chi connectivity index (χ0) is 27.4. The normalized spacial score (nSPS) is 14.1. The number of sulfone groups is 1. The minimum Gasteiger partial charge on any atom is -0.465 e. The van der Waals surface area contributed by atoms with Crippen molar-refractivity contribution in [3.63, 3.8) is 0 Å². The Bertz CT molecular complexity index is 1600. The summed E-state index contributed by atoms with van der Waals surface area (Å²) in [6, 6.07) is 5.23. The van der Waals surface area contributed by atoms with Crippen molar-refractivity contribution in [2.75, 3.05) is 23.9 Å². The van der Waals surface area contributed by atoms with Gasteiger partial charge in [0.25, 0.3) is 5.91 Å². The molecule has 0 unspecified atom stereocenters. The third-order valence-corrected chi connectivity index (χ3v) is 9.81. The van der Waals surface area contributed by atoms with E-state index in [2.05, 4.69) is 16.9 Å². The lowest BCUT2D eigenvalue weighted by molar-refractivity contribution is -0.115. The van der Waals surface area contributed by atoms with Gasteiger partial charge in [-0.1, -0.05) is 35.4 Å². The predicted octanol–water partition coefficient (Wildman–Crippen LogP) is 4.14. The molecule has 0 bridgehead atoms. The summed E-state index contributed by atoms with van der Waals surface area (Å²) in [5.74, 6) is -4.17. The first kappa shape index (κ1) is 28.2. The number of halogens is 1. The van der Waals surface area contributed by atoms with Gasteiger partial charge in [0, 0.05) is 16.4 Å². The number of ether oxygens (including phenoxy) is 1. The first-order valence-corrected chi connectivity index (χ1v) is 15.7. The number of methoxy groups -OCH3 is 1. The van der Waals surface area contributed by atoms with Crippen LogP contribution in [0.3, 0.4) is 0 Å². The standard InChI is InChI=1S/C25H26ClN3O6S3/c1-3-11-29-17-10-9-15(26)12-19(17)37-25(29)28-21(31)14-38(33,34)13-20(30)27-23-22(24(32)35-2)16-7-5-4-6-8-18(16)36-23/h3,9-10,12H,1,4-8,11,13-14H2,2H3,(H,27,30). The van der Waals surface area contributed by atoms with Gasteiger partial charge >= 0.3 is 5.97 Å². The number of thiophene rings is 1. The van der Waals surface area contributed by atoms with E-state index in [1.165, 1.54) is 29.8 Å². The van der Waals surface area contributed by atoms with Crippen molar-refractivity contribution in [3.05, 3.63) is 56.7 Å². The molecule has 0 saturated heterocycles. The van der Waals surface area contributed by atoms with E-state index < -0.39 is 39.1 Å². The number of carbonyl (C=O) groups excluding carboxylic acids is 3. The summed E-state index contributed by atoms with van der Waals surface area (Å²) in [5.41, 5.74) is 1.91. The highest BCUT2D eigenvalue weighted by Crippen LogP contribution is 2.38. The minimum absolute atomic E-state index is 0.273. The Labute approximate surface area is 232 Å². The van der Waals surface area contributed by atoms with Gasteiger partial charge in [0.1, 0.15) is 16.5 Å². The van der Waals surface area contributed by atoms with Gasteiger partial charge in [-0.05, 0) is 49.4 Å². The molecule has 13 heteroatoms. The minimum atomic E-state index is -4.14. The van der Waals surface area contributed by atoms with E-state index in [-0.39, 0.29) is 10.6 Å². The summed E-state index contributed by atoms with van der Waals surface area (Å²) in [7, 11) is -2.88. The van der Waals surface area contributed by atoms with Crippen LogP contribution in [0.4, 0.5) is 5.00 Å².